The minimum atomic E-state index is -4.74. The largest absolute Gasteiger partial charge is 0.481 e. The Kier molecular flexibility index (Phi) is 46.7. The fourth-order valence-corrected chi connectivity index (χ4v) is 9.59. The number of carboxylic acids is 1. The number of hydrogen-bond donors (Lipinski definition) is 14. The van der Waals surface area contributed by atoms with E-state index < -0.39 is 82.9 Å². The van der Waals surface area contributed by atoms with E-state index in [1.54, 1.807) is 0 Å². The molecule has 0 aliphatic rings. The zero-order chi connectivity index (χ0) is 81.8. The molecular formula is C67H107F9N20O15. The van der Waals surface area contributed by atoms with Crippen molar-refractivity contribution in [2.24, 2.45) is 23.0 Å². The number of nitrogens with zero attached hydrogens (tertiary/aromatic N) is 7. The molecule has 628 valence electrons. The van der Waals surface area contributed by atoms with Gasteiger partial charge in [0.15, 0.2) is 17.1 Å². The number of carboxylic acid groups (broad SMARTS) is 1. The molecule has 3 aromatic rings. The van der Waals surface area contributed by atoms with Crippen LogP contribution in [0.2, 0.25) is 0 Å². The van der Waals surface area contributed by atoms with Crippen molar-refractivity contribution in [3.63, 3.8) is 0 Å². The van der Waals surface area contributed by atoms with Crippen LogP contribution in [0.5, 0.6) is 18.0 Å². The minimum Gasteiger partial charge on any atom is -0.481 e. The van der Waals surface area contributed by atoms with Gasteiger partial charge in [-0.2, -0.15) is 69.4 Å². The van der Waals surface area contributed by atoms with Gasteiger partial charge in [-0.05, 0) is 32.1 Å². The molecule has 111 heavy (non-hydrogen) atoms. The van der Waals surface area contributed by atoms with E-state index in [-0.39, 0.29) is 217 Å². The van der Waals surface area contributed by atoms with Crippen molar-refractivity contribution in [2.45, 2.75) is 127 Å². The normalized spacial score (nSPS) is 12.7. The Bertz CT molecular complexity index is 3180. The number of nitrogens with one attached hydrogen (secondary N) is 9. The topological polar surface area (TPSA) is 482 Å². The predicted molar refractivity (Wildman–Crippen MR) is 386 cm³/mol. The van der Waals surface area contributed by atoms with Crippen molar-refractivity contribution in [3.05, 3.63) is 71.0 Å². The number of nitrogens with two attached hydrogens (primary N) is 4. The highest BCUT2D eigenvalue weighted by Crippen LogP contribution is 2.33. The van der Waals surface area contributed by atoms with Crippen molar-refractivity contribution in [3.8, 4) is 18.0 Å². The molecule has 0 aliphatic carbocycles. The Morgan fingerprint density at radius 2 is 0.739 bits per heavy atom. The van der Waals surface area contributed by atoms with Crippen LogP contribution in [-0.2, 0) is 70.9 Å². The molecule has 0 spiro atoms. The average Bonchev–Trinajstić information content (AvgIpc) is 0.854. The van der Waals surface area contributed by atoms with Crippen molar-refractivity contribution < 1.29 is 111 Å². The van der Waals surface area contributed by atoms with Crippen LogP contribution in [-0.4, -0.2) is 235 Å². The number of rotatable bonds is 63. The van der Waals surface area contributed by atoms with Crippen LogP contribution in [0.1, 0.15) is 120 Å². The van der Waals surface area contributed by atoms with Gasteiger partial charge in [0.05, 0.1) is 103 Å². The number of alkyl halides is 9. The second kappa shape index (κ2) is 54.2. The van der Waals surface area contributed by atoms with Gasteiger partial charge >= 0.3 is 42.5 Å². The van der Waals surface area contributed by atoms with Crippen molar-refractivity contribution in [1.82, 2.24) is 66.8 Å². The first kappa shape index (κ1) is 95.7. The molecule has 0 radical (unpaired) electrons. The summed E-state index contributed by atoms with van der Waals surface area (Å²) < 4.78 is 169. The number of aromatic nitrogens is 6. The molecule has 0 aliphatic heterocycles. The Morgan fingerprint density at radius 1 is 0.423 bits per heavy atom. The van der Waals surface area contributed by atoms with Gasteiger partial charge in [0.2, 0.25) is 23.6 Å². The monoisotopic (exact) mass is 1600 g/mol. The number of aliphatic carboxylic acids is 1. The molecule has 18 N–H and O–H groups in total. The van der Waals surface area contributed by atoms with Gasteiger partial charge in [-0.25, -0.2) is 5.84 Å². The number of hydrogen-bond acceptors (Lipinski definition) is 30. The summed E-state index contributed by atoms with van der Waals surface area (Å²) >= 11 is 0. The molecule has 3 heterocycles. The number of carbonyl (C=O) groups excluding carboxylic acids is 4. The molecule has 0 bridgehead atoms. The summed E-state index contributed by atoms with van der Waals surface area (Å²) in [6.07, 6.45) is -3.96. The van der Waals surface area contributed by atoms with E-state index in [0.717, 1.165) is 56.7 Å². The van der Waals surface area contributed by atoms with Crippen LogP contribution in [0.4, 0.5) is 57.0 Å². The number of amides is 4. The van der Waals surface area contributed by atoms with Crippen molar-refractivity contribution >= 4 is 47.1 Å². The molecule has 0 unspecified atom stereocenters. The molecule has 0 saturated carbocycles. The van der Waals surface area contributed by atoms with Gasteiger partial charge in [0.1, 0.15) is 37.3 Å². The van der Waals surface area contributed by atoms with Gasteiger partial charge in [-0.1, -0.05) is 38.5 Å². The second-order valence-corrected chi connectivity index (χ2v) is 24.4. The molecule has 35 nitrogen and oxygen atoms in total. The van der Waals surface area contributed by atoms with E-state index in [4.69, 9.17) is 70.8 Å². The van der Waals surface area contributed by atoms with E-state index in [0.29, 0.717) is 25.9 Å². The van der Waals surface area contributed by atoms with E-state index in [9.17, 15) is 63.5 Å². The zero-order valence-corrected chi connectivity index (χ0v) is 62.6. The molecule has 3 rings (SSSR count). The molecule has 44 heteroatoms. The third-order valence-corrected chi connectivity index (χ3v) is 15.3. The molecule has 0 fully saturated rings. The highest BCUT2D eigenvalue weighted by atomic mass is 19.4. The summed E-state index contributed by atoms with van der Waals surface area (Å²) in [6.45, 7) is 1.82. The van der Waals surface area contributed by atoms with Gasteiger partial charge in [0.25, 0.3) is 0 Å². The van der Waals surface area contributed by atoms with E-state index in [1.807, 2.05) is 0 Å². The maximum atomic E-state index is 13.9. The van der Waals surface area contributed by atoms with Crippen LogP contribution in [0.15, 0.2) is 53.9 Å². The smallest absolute Gasteiger partial charge is 0.433 e. The number of unbranched alkanes of at least 4 members (excludes halogenated alkanes) is 7. The van der Waals surface area contributed by atoms with Gasteiger partial charge in [0, 0.05) is 128 Å². The Morgan fingerprint density at radius 3 is 1.07 bits per heavy atom. The Hall–Kier alpha value is -9.50. The van der Waals surface area contributed by atoms with E-state index in [1.165, 1.54) is 44.8 Å². The summed E-state index contributed by atoms with van der Waals surface area (Å²) in [5.74, 6) is 3.27. The lowest BCUT2D eigenvalue weighted by atomic mass is 9.82. The van der Waals surface area contributed by atoms with Gasteiger partial charge < -0.3 is 118 Å². The fourth-order valence-electron chi connectivity index (χ4n) is 9.59. The fraction of sp³-hybridized carbons (Fsp3) is 0.657. The standard InChI is InChI=1S/C67H107F9N20O15/c1-81-53-38-50(65(68,69)70)89-61(92-53)109-44-47(77)41-84-20-26-103-32-34-105-28-22-86-56(97)14-17-64(95-59(100)12-10-8-6-4-5-7-9-11-13-60(101)102,18-15-57(98)87-23-29-106-35-33-104-27-21-85-42-48(78)45-110-62-90-51(66(71,72)73)39-54(82-2)93-62)19-16-58(99)88-24-30-107-36-37-108-31-25-96(80)43-49(79)46-111-63-91-52(67(74,75)76)40-55(83-3)94-63/h38-43,84-85H,4-37,44-46,77-80H2,1-3H3,(H,86,97)(H,87,98)(H,88,99)(H,95,100)(H,101,102)(H,81,89,92)(H,82,90,93)(H,83,91,94)/b47-41-,48-42-,49-43-. The highest BCUT2D eigenvalue weighted by molar-refractivity contribution is 5.80. The molecule has 0 atom stereocenters. The Balaban J connectivity index is 1.56. The van der Waals surface area contributed by atoms with Crippen molar-refractivity contribution in [1.29, 1.82) is 0 Å². The van der Waals surface area contributed by atoms with Crippen LogP contribution in [0.3, 0.4) is 0 Å². The number of ether oxygens (including phenoxy) is 9. The van der Waals surface area contributed by atoms with Crippen molar-refractivity contribution in [2.75, 3.05) is 175 Å². The average molecular weight is 1600 g/mol. The van der Waals surface area contributed by atoms with Crippen LogP contribution < -0.4 is 85.1 Å². The molecular weight excluding hydrogens is 1500 g/mol. The molecule has 4 amide bonds. The zero-order valence-electron chi connectivity index (χ0n) is 62.6. The summed E-state index contributed by atoms with van der Waals surface area (Å²) in [4.78, 5) is 87.1. The third kappa shape index (κ3) is 46.1. The van der Waals surface area contributed by atoms with Gasteiger partial charge in [-0.15, -0.1) is 0 Å². The van der Waals surface area contributed by atoms with Gasteiger partial charge in [-0.3, -0.25) is 24.0 Å². The lowest BCUT2D eigenvalue weighted by Gasteiger charge is -2.35. The first-order valence-corrected chi connectivity index (χ1v) is 35.9. The molecule has 3 aromatic heterocycles. The summed E-state index contributed by atoms with van der Waals surface area (Å²) in [5.41, 5.74) is 13.3. The van der Waals surface area contributed by atoms with Crippen LogP contribution >= 0.6 is 0 Å². The number of carbonyl (C=O) groups is 5. The lowest BCUT2D eigenvalue weighted by molar-refractivity contribution is -0.142. The van der Waals surface area contributed by atoms with Crippen LogP contribution in [0, 0.1) is 0 Å². The molecule has 0 aromatic carbocycles. The first-order chi connectivity index (χ1) is 52.9. The van der Waals surface area contributed by atoms with E-state index >= 15 is 0 Å². The quantitative estimate of drug-likeness (QED) is 0.0163. The number of anilines is 3. The summed E-state index contributed by atoms with van der Waals surface area (Å²) in [6, 6.07) is 0.607. The SMILES string of the molecule is CNc1cc(C(F)(F)F)nc(OC/C(N)=C/NCCOCCOCCNC(=O)CCC(CCC(=O)NCCOCCOCCN/C=C(\N)COc2nc(NC)cc(C(F)(F)F)n2)(CCC(=O)NCCOCCOCCN(N)/C=C(\N)COc2nc(NC)cc(C(F)(F)F)n2)NC(=O)CCCCCCCCCCC(=O)O)n1. The summed E-state index contributed by atoms with van der Waals surface area (Å²) in [7, 11) is 4.18. The third-order valence-electron chi connectivity index (χ3n) is 15.3. The number of hydrazine groups is 1. The minimum absolute atomic E-state index is 0.0240. The van der Waals surface area contributed by atoms with Crippen LogP contribution in [0.25, 0.3) is 0 Å². The first-order valence-electron chi connectivity index (χ1n) is 35.9. The number of halogens is 9. The predicted octanol–water partition coefficient (Wildman–Crippen LogP) is 4.16. The second-order valence-electron chi connectivity index (χ2n) is 24.4. The maximum Gasteiger partial charge on any atom is 0.433 e. The highest BCUT2D eigenvalue weighted by Gasteiger charge is 2.37. The Labute approximate surface area is 637 Å². The maximum absolute atomic E-state index is 13.9. The lowest BCUT2D eigenvalue weighted by Crippen LogP contribution is -2.50. The van der Waals surface area contributed by atoms with E-state index in [2.05, 4.69) is 77.8 Å². The summed E-state index contributed by atoms with van der Waals surface area (Å²) in [5, 5.41) is 35.0. The molecule has 0 saturated heterocycles.